The van der Waals surface area contributed by atoms with Gasteiger partial charge < -0.3 is 9.88 Å². The van der Waals surface area contributed by atoms with E-state index in [2.05, 4.69) is 46.0 Å². The molecule has 1 atom stereocenters. The molecule has 2 N–H and O–H groups in total. The number of aromatic amines is 2. The second-order valence-electron chi connectivity index (χ2n) is 6.09. The first kappa shape index (κ1) is 14.8. The molecule has 7 heteroatoms. The van der Waals surface area contributed by atoms with Gasteiger partial charge in [-0.1, -0.05) is 13.8 Å². The molecule has 0 aromatic carbocycles. The number of likely N-dealkylation sites (N-methyl/N-ethyl adjacent to an activating group) is 1. The zero-order chi connectivity index (χ0) is 15.7. The number of hydrogen-bond donors (Lipinski definition) is 2. The van der Waals surface area contributed by atoms with Gasteiger partial charge in [-0.15, -0.1) is 0 Å². The number of hydrogen-bond acceptors (Lipinski definition) is 4. The molecule has 3 rings (SSSR count). The summed E-state index contributed by atoms with van der Waals surface area (Å²) in [5, 5.41) is 7.11. The fraction of sp³-hybridized carbons (Fsp3) is 0.533. The van der Waals surface area contributed by atoms with Gasteiger partial charge in [-0.05, 0) is 19.0 Å². The lowest BCUT2D eigenvalue weighted by molar-refractivity contribution is 0.0529. The minimum Gasteiger partial charge on any atom is -0.347 e. The smallest absolute Gasteiger partial charge is 0.274 e. The summed E-state index contributed by atoms with van der Waals surface area (Å²) < 4.78 is 0. The molecule has 0 bridgehead atoms. The normalized spacial score (nSPS) is 19.8. The molecule has 1 saturated heterocycles. The van der Waals surface area contributed by atoms with Crippen LogP contribution in [-0.2, 0) is 0 Å². The maximum absolute atomic E-state index is 12.7. The maximum atomic E-state index is 12.7. The van der Waals surface area contributed by atoms with Gasteiger partial charge >= 0.3 is 0 Å². The number of nitrogens with zero attached hydrogens (tertiary/aromatic N) is 4. The Morgan fingerprint density at radius 2 is 2.23 bits per heavy atom. The molecule has 1 aliphatic rings. The Bertz CT molecular complexity index is 632. The Kier molecular flexibility index (Phi) is 3.98. The molecule has 1 aliphatic heterocycles. The largest absolute Gasteiger partial charge is 0.347 e. The molecule has 7 nitrogen and oxygen atoms in total. The van der Waals surface area contributed by atoms with Crippen molar-refractivity contribution in [3.63, 3.8) is 0 Å². The number of rotatable bonds is 3. The number of nitrogens with one attached hydrogen (secondary N) is 2. The van der Waals surface area contributed by atoms with Crippen molar-refractivity contribution in [3.8, 4) is 0 Å². The zero-order valence-electron chi connectivity index (χ0n) is 13.2. The highest BCUT2D eigenvalue weighted by molar-refractivity contribution is 5.92. The van der Waals surface area contributed by atoms with Gasteiger partial charge in [0.15, 0.2) is 0 Å². The van der Waals surface area contributed by atoms with Gasteiger partial charge in [0.05, 0.1) is 6.04 Å². The molecule has 3 heterocycles. The topological polar surface area (TPSA) is 80.9 Å². The van der Waals surface area contributed by atoms with Crippen LogP contribution >= 0.6 is 0 Å². The van der Waals surface area contributed by atoms with E-state index in [4.69, 9.17) is 0 Å². The first-order valence-corrected chi connectivity index (χ1v) is 7.60. The molecular formula is C15H22N6O. The Morgan fingerprint density at radius 3 is 2.86 bits per heavy atom. The summed E-state index contributed by atoms with van der Waals surface area (Å²) in [5.74, 6) is 1.20. The number of amides is 1. The van der Waals surface area contributed by atoms with Gasteiger partial charge in [-0.3, -0.25) is 14.8 Å². The molecule has 0 saturated carbocycles. The quantitative estimate of drug-likeness (QED) is 0.897. The van der Waals surface area contributed by atoms with E-state index in [0.29, 0.717) is 24.7 Å². The molecular weight excluding hydrogens is 280 g/mol. The van der Waals surface area contributed by atoms with Crippen LogP contribution in [0.2, 0.25) is 0 Å². The van der Waals surface area contributed by atoms with E-state index in [1.165, 1.54) is 0 Å². The summed E-state index contributed by atoms with van der Waals surface area (Å²) in [6, 6.07) is 1.95. The van der Waals surface area contributed by atoms with Crippen molar-refractivity contribution in [1.82, 2.24) is 30.0 Å². The highest BCUT2D eigenvalue weighted by atomic mass is 16.2. The average molecular weight is 302 g/mol. The van der Waals surface area contributed by atoms with Gasteiger partial charge in [0, 0.05) is 37.7 Å². The predicted molar refractivity (Wildman–Crippen MR) is 82.5 cm³/mol. The van der Waals surface area contributed by atoms with Crippen LogP contribution in [0.15, 0.2) is 18.5 Å². The van der Waals surface area contributed by atoms with Gasteiger partial charge in [0.25, 0.3) is 5.91 Å². The fourth-order valence-corrected chi connectivity index (χ4v) is 2.72. The van der Waals surface area contributed by atoms with Crippen LogP contribution < -0.4 is 0 Å². The van der Waals surface area contributed by atoms with Crippen molar-refractivity contribution in [1.29, 1.82) is 0 Å². The predicted octanol–water partition coefficient (Wildman–Crippen LogP) is 1.39. The Hall–Kier alpha value is -2.15. The van der Waals surface area contributed by atoms with Crippen molar-refractivity contribution in [3.05, 3.63) is 35.7 Å². The lowest BCUT2D eigenvalue weighted by atomic mass is 10.1. The first-order chi connectivity index (χ1) is 10.6. The van der Waals surface area contributed by atoms with Crippen molar-refractivity contribution >= 4 is 5.91 Å². The fourth-order valence-electron chi connectivity index (χ4n) is 2.72. The second-order valence-corrected chi connectivity index (χ2v) is 6.09. The molecule has 0 radical (unpaired) electrons. The molecule has 1 amide bonds. The van der Waals surface area contributed by atoms with E-state index in [-0.39, 0.29) is 11.9 Å². The van der Waals surface area contributed by atoms with Gasteiger partial charge in [0.1, 0.15) is 11.5 Å². The van der Waals surface area contributed by atoms with E-state index in [1.54, 1.807) is 6.20 Å². The standard InChI is InChI=1S/C15H22N6O/c1-10(2)11-8-12(19-18-11)15(22)21-7-6-20(3)13(9-21)14-16-4-5-17-14/h4-5,8,10,13H,6-7,9H2,1-3H3,(H,16,17)(H,18,19). The van der Waals surface area contributed by atoms with Crippen LogP contribution in [0, 0.1) is 0 Å². The molecule has 2 aromatic heterocycles. The molecule has 118 valence electrons. The van der Waals surface area contributed by atoms with Crippen LogP contribution in [0.25, 0.3) is 0 Å². The summed E-state index contributed by atoms with van der Waals surface area (Å²) in [4.78, 5) is 24.2. The van der Waals surface area contributed by atoms with Crippen molar-refractivity contribution in [2.45, 2.75) is 25.8 Å². The summed E-state index contributed by atoms with van der Waals surface area (Å²) in [7, 11) is 2.06. The maximum Gasteiger partial charge on any atom is 0.274 e. The summed E-state index contributed by atoms with van der Waals surface area (Å²) in [5.41, 5.74) is 1.48. The van der Waals surface area contributed by atoms with Crippen LogP contribution in [0.1, 0.15) is 47.8 Å². The monoisotopic (exact) mass is 302 g/mol. The van der Waals surface area contributed by atoms with Crippen molar-refractivity contribution in [2.75, 3.05) is 26.7 Å². The number of H-pyrrole nitrogens is 2. The number of imidazole rings is 1. The third-order valence-corrected chi connectivity index (χ3v) is 4.21. The summed E-state index contributed by atoms with van der Waals surface area (Å²) in [6.45, 7) is 6.29. The molecule has 22 heavy (non-hydrogen) atoms. The molecule has 2 aromatic rings. The van der Waals surface area contributed by atoms with Gasteiger partial charge in [0.2, 0.25) is 0 Å². The van der Waals surface area contributed by atoms with Crippen molar-refractivity contribution < 1.29 is 4.79 Å². The van der Waals surface area contributed by atoms with Crippen LogP contribution in [0.5, 0.6) is 0 Å². The highest BCUT2D eigenvalue weighted by Crippen LogP contribution is 2.22. The molecule has 0 aliphatic carbocycles. The minimum absolute atomic E-state index is 0.0205. The summed E-state index contributed by atoms with van der Waals surface area (Å²) >= 11 is 0. The van der Waals surface area contributed by atoms with E-state index in [0.717, 1.165) is 18.1 Å². The Balaban J connectivity index is 1.75. The Morgan fingerprint density at radius 1 is 1.41 bits per heavy atom. The van der Waals surface area contributed by atoms with Crippen LogP contribution in [0.3, 0.4) is 0 Å². The van der Waals surface area contributed by atoms with E-state index >= 15 is 0 Å². The molecule has 1 fully saturated rings. The number of piperazine rings is 1. The second kappa shape index (κ2) is 5.92. The van der Waals surface area contributed by atoms with Crippen LogP contribution in [0.4, 0.5) is 0 Å². The third-order valence-electron chi connectivity index (χ3n) is 4.21. The third kappa shape index (κ3) is 2.76. The molecule has 1 unspecified atom stereocenters. The number of aromatic nitrogens is 4. The van der Waals surface area contributed by atoms with E-state index in [9.17, 15) is 4.79 Å². The number of carbonyl (C=O) groups excluding carboxylic acids is 1. The Labute approximate surface area is 129 Å². The van der Waals surface area contributed by atoms with Gasteiger partial charge in [-0.2, -0.15) is 5.10 Å². The average Bonchev–Trinajstić information content (AvgIpc) is 3.18. The van der Waals surface area contributed by atoms with Crippen LogP contribution in [-0.4, -0.2) is 62.6 Å². The highest BCUT2D eigenvalue weighted by Gasteiger charge is 2.31. The van der Waals surface area contributed by atoms with Gasteiger partial charge in [-0.25, -0.2) is 4.98 Å². The SMILES string of the molecule is CC(C)c1cc(C(=O)N2CCN(C)C(c3ncc[nH]3)C2)n[nH]1. The van der Waals surface area contributed by atoms with E-state index in [1.807, 2.05) is 17.2 Å². The summed E-state index contributed by atoms with van der Waals surface area (Å²) in [6.07, 6.45) is 3.55. The first-order valence-electron chi connectivity index (χ1n) is 7.60. The van der Waals surface area contributed by atoms with E-state index < -0.39 is 0 Å². The lowest BCUT2D eigenvalue weighted by Crippen LogP contribution is -2.49. The van der Waals surface area contributed by atoms with Crippen molar-refractivity contribution in [2.24, 2.45) is 0 Å². The minimum atomic E-state index is -0.0205. The zero-order valence-corrected chi connectivity index (χ0v) is 13.2. The number of carbonyl (C=O) groups is 1. The lowest BCUT2D eigenvalue weighted by Gasteiger charge is -2.38. The molecule has 0 spiro atoms.